The molecule has 2 aliphatic rings. The summed E-state index contributed by atoms with van der Waals surface area (Å²) in [6, 6.07) is 35.0. The predicted molar refractivity (Wildman–Crippen MR) is 369 cm³/mol. The molecule has 2 aliphatic heterocycles. The Morgan fingerprint density at radius 3 is 0.689 bits per heavy atom. The predicted octanol–water partition coefficient (Wildman–Crippen LogP) is 18.0. The van der Waals surface area contributed by atoms with E-state index in [1.807, 2.05) is 0 Å². The van der Waals surface area contributed by atoms with Crippen molar-refractivity contribution in [2.75, 3.05) is 0 Å². The van der Waals surface area contributed by atoms with Crippen LogP contribution in [-0.2, 0) is 13.3 Å². The summed E-state index contributed by atoms with van der Waals surface area (Å²) in [7, 11) is 0. The van der Waals surface area contributed by atoms with Crippen LogP contribution in [0.1, 0.15) is 22.3 Å². The van der Waals surface area contributed by atoms with E-state index in [4.69, 9.17) is 19.9 Å². The average Bonchev–Trinajstić information content (AvgIpc) is 0.759. The third-order valence-electron chi connectivity index (χ3n) is 25.6. The second-order valence-corrected chi connectivity index (χ2v) is 28.7. The molecular formula is C82H34N8+4. The molecule has 398 valence electrons. The number of aromatic nitrogens is 8. The SMILES string of the molecule is Cc1ccc2c3cc4c5ccc6c7nc[n+]8c9c7c7c%10c6c5c5c6c(cc%11c%12ccc(C)c%13c%14c(C)ccc%15c%16nc[n+](c9c%16c7c(c%15%14)c(c%12%13)c%10c%115)C8)c5ccc7c8nc[n+]9c%10c8c8c%11c7c5c(c46)c3c%11c3c2c1c1c(C)ccc2c4nc[n+](c%10c4c8c3c21)C9. The average molecular weight is 1130 g/mol. The van der Waals surface area contributed by atoms with Gasteiger partial charge in [-0.05, 0) is 246 Å². The molecule has 8 nitrogen and oxygen atoms in total. The van der Waals surface area contributed by atoms with E-state index in [1.165, 1.54) is 292 Å². The van der Waals surface area contributed by atoms with Crippen LogP contribution < -0.4 is 18.3 Å². The lowest BCUT2D eigenvalue weighted by atomic mass is 9.70. The number of hydrogen-bond acceptors (Lipinski definition) is 4. The Hall–Kier alpha value is -11.5. The van der Waals surface area contributed by atoms with Crippen molar-refractivity contribution in [1.29, 1.82) is 0 Å². The molecule has 24 aromatic carbocycles. The van der Waals surface area contributed by atoms with Crippen molar-refractivity contribution in [3.63, 3.8) is 0 Å². The summed E-state index contributed by atoms with van der Waals surface area (Å²) >= 11 is 0. The molecule has 0 saturated heterocycles. The minimum absolute atomic E-state index is 0.690. The van der Waals surface area contributed by atoms with Crippen LogP contribution in [0.5, 0.6) is 0 Å². The van der Waals surface area contributed by atoms with E-state index in [-0.39, 0.29) is 0 Å². The number of fused-ring (bicyclic) bond motifs is 10. The van der Waals surface area contributed by atoms with Crippen molar-refractivity contribution >= 4 is 292 Å². The molecule has 0 amide bonds. The van der Waals surface area contributed by atoms with Gasteiger partial charge in [0, 0.05) is 86.2 Å². The first-order valence-electron chi connectivity index (χ1n) is 32.0. The molecule has 0 fully saturated rings. The van der Waals surface area contributed by atoms with Gasteiger partial charge in [0.25, 0.3) is 25.3 Å². The highest BCUT2D eigenvalue weighted by atomic mass is 15.2. The molecule has 8 heteroatoms. The highest BCUT2D eigenvalue weighted by Gasteiger charge is 2.44. The number of nitrogens with zero attached hydrogens (tertiary/aromatic N) is 8. The van der Waals surface area contributed by atoms with Gasteiger partial charge in [-0.2, -0.15) is 18.3 Å². The standard InChI is InChI=1S/C82H34N8/c1-25-5-9-29-39-17-37-31-13-16-36-52-48(31)58-54-38(18-40-30-10-6-26(2)42-44-28(4)8-12-34-50(44)62-60(46(30)42)66(56(40)58)64(52)70-68(62)72-76(34)84-20-88-24-90-22-86-78(36)74(70)82(90)80(72)88)32-14-15-35-51-47(32)57(53(37)54)55(39)65-59-45(29)41(25)43-27(3)7-11-33-49(43)61(59)67-69(63(51)65)73-77(35)85-21-89-23-87-19-83-75(33)71(67)79(87)81(73)89/h5-22H,23-24H2,1-4H3/q+4. The fourth-order valence-electron chi connectivity index (χ4n) is 22.9. The van der Waals surface area contributed by atoms with E-state index in [1.54, 1.807) is 0 Å². The van der Waals surface area contributed by atoms with Crippen LogP contribution in [0.4, 0.5) is 0 Å². The molecule has 0 saturated carbocycles. The molecular weight excluding hydrogens is 1100 g/mol. The quantitative estimate of drug-likeness (QED) is 0.0862. The second-order valence-electron chi connectivity index (χ2n) is 28.7. The van der Waals surface area contributed by atoms with Crippen molar-refractivity contribution in [2.45, 2.75) is 41.0 Å². The Balaban J connectivity index is 0.977. The van der Waals surface area contributed by atoms with Crippen LogP contribution in [0.3, 0.4) is 0 Å². The van der Waals surface area contributed by atoms with Gasteiger partial charge < -0.3 is 0 Å². The Morgan fingerprint density at radius 1 is 0.200 bits per heavy atom. The summed E-state index contributed by atoms with van der Waals surface area (Å²) < 4.78 is 9.62. The molecule has 0 atom stereocenters. The van der Waals surface area contributed by atoms with Crippen molar-refractivity contribution in [3.05, 3.63) is 132 Å². The van der Waals surface area contributed by atoms with Gasteiger partial charge in [-0.3, -0.25) is 0 Å². The highest BCUT2D eigenvalue weighted by molar-refractivity contribution is 6.68. The maximum atomic E-state index is 5.67. The van der Waals surface area contributed by atoms with Crippen LogP contribution in [0.15, 0.2) is 110 Å². The number of rotatable bonds is 0. The largest absolute Gasteiger partial charge is 0.290 e. The molecule has 4 aromatic heterocycles. The maximum Gasteiger partial charge on any atom is 0.290 e. The molecule has 0 aliphatic carbocycles. The number of hydrogen-bond donors (Lipinski definition) is 0. The highest BCUT2D eigenvalue weighted by Crippen LogP contribution is 2.67. The van der Waals surface area contributed by atoms with E-state index in [0.29, 0.717) is 13.3 Å². The zero-order valence-electron chi connectivity index (χ0n) is 48.4. The molecule has 0 N–H and O–H groups in total. The van der Waals surface area contributed by atoms with Crippen molar-refractivity contribution in [2.24, 2.45) is 0 Å². The lowest BCUT2D eigenvalue weighted by molar-refractivity contribution is -0.874. The van der Waals surface area contributed by atoms with Gasteiger partial charge in [0.2, 0.25) is 13.3 Å². The summed E-state index contributed by atoms with van der Waals surface area (Å²) in [5.41, 5.74) is 14.8. The van der Waals surface area contributed by atoms with Crippen LogP contribution in [0.25, 0.3) is 292 Å². The summed E-state index contributed by atoms with van der Waals surface area (Å²) in [4.78, 5) is 22.4. The molecule has 0 bridgehead atoms. The minimum Gasteiger partial charge on any atom is -0.187 e. The molecule has 28 aromatic rings. The van der Waals surface area contributed by atoms with E-state index >= 15 is 0 Å². The van der Waals surface area contributed by atoms with E-state index in [2.05, 4.69) is 156 Å². The summed E-state index contributed by atoms with van der Waals surface area (Å²) in [5, 5.41) is 62.6. The van der Waals surface area contributed by atoms with E-state index in [0.717, 1.165) is 22.1 Å². The van der Waals surface area contributed by atoms with Crippen LogP contribution in [0, 0.1) is 27.7 Å². The molecule has 0 unspecified atom stereocenters. The van der Waals surface area contributed by atoms with Gasteiger partial charge in [-0.1, -0.05) is 48.5 Å². The first-order valence-corrected chi connectivity index (χ1v) is 32.0. The Kier molecular flexibility index (Phi) is 5.22. The van der Waals surface area contributed by atoms with Crippen molar-refractivity contribution in [3.8, 4) is 0 Å². The van der Waals surface area contributed by atoms with Crippen molar-refractivity contribution in [1.82, 2.24) is 19.9 Å². The van der Waals surface area contributed by atoms with Gasteiger partial charge in [0.05, 0.1) is 21.5 Å². The van der Waals surface area contributed by atoms with Gasteiger partial charge >= 0.3 is 0 Å². The normalized spacial score (nSPS) is 15.0. The zero-order valence-corrected chi connectivity index (χ0v) is 48.4. The second kappa shape index (κ2) is 11.5. The molecule has 90 heavy (non-hydrogen) atoms. The Morgan fingerprint density at radius 2 is 0.389 bits per heavy atom. The Labute approximate surface area is 500 Å². The number of benzene rings is 24. The van der Waals surface area contributed by atoms with Gasteiger partial charge in [0.15, 0.2) is 44.1 Å². The number of aryl methyl sites for hydroxylation is 4. The van der Waals surface area contributed by atoms with Crippen LogP contribution in [0.2, 0.25) is 0 Å². The van der Waals surface area contributed by atoms with Gasteiger partial charge in [-0.25, -0.2) is 0 Å². The van der Waals surface area contributed by atoms with Gasteiger partial charge in [0.1, 0.15) is 0 Å². The third kappa shape index (κ3) is 3.32. The van der Waals surface area contributed by atoms with E-state index in [9.17, 15) is 0 Å². The molecule has 30 rings (SSSR count). The maximum absolute atomic E-state index is 5.67. The van der Waals surface area contributed by atoms with Crippen LogP contribution >= 0.6 is 0 Å². The summed E-state index contributed by atoms with van der Waals surface area (Å²) in [5.74, 6) is 0. The third-order valence-corrected chi connectivity index (χ3v) is 25.6. The monoisotopic (exact) mass is 1130 g/mol. The topological polar surface area (TPSA) is 67.1 Å². The van der Waals surface area contributed by atoms with Gasteiger partial charge in [-0.15, -0.1) is 0 Å². The molecule has 6 heterocycles. The lowest BCUT2D eigenvalue weighted by Gasteiger charge is -2.31. The fraction of sp³-hybridized carbons (Fsp3) is 0.0732. The summed E-state index contributed by atoms with van der Waals surface area (Å²) in [6.07, 6.45) is 8.48. The minimum atomic E-state index is 0.690. The molecule has 0 spiro atoms. The van der Waals surface area contributed by atoms with Crippen LogP contribution in [-0.4, -0.2) is 19.9 Å². The first kappa shape index (κ1) is 40.8. The zero-order chi connectivity index (χ0) is 56.8. The Bertz CT molecular complexity index is 8040. The lowest BCUT2D eigenvalue weighted by Crippen LogP contribution is -2.46. The molecule has 0 radical (unpaired) electrons. The van der Waals surface area contributed by atoms with E-state index < -0.39 is 0 Å². The van der Waals surface area contributed by atoms with Crippen molar-refractivity contribution < 1.29 is 18.3 Å². The fourth-order valence-corrected chi connectivity index (χ4v) is 22.9. The summed E-state index contributed by atoms with van der Waals surface area (Å²) in [6.45, 7) is 10.8. The first-order chi connectivity index (χ1) is 44.4. The smallest absolute Gasteiger partial charge is 0.187 e.